The van der Waals surface area contributed by atoms with Gasteiger partial charge >= 0.3 is 0 Å². The highest BCUT2D eigenvalue weighted by molar-refractivity contribution is 6.21. The van der Waals surface area contributed by atoms with Gasteiger partial charge in [-0.25, -0.2) is 0 Å². The lowest BCUT2D eigenvalue weighted by Crippen LogP contribution is -2.32. The van der Waals surface area contributed by atoms with Crippen LogP contribution >= 0.6 is 0 Å². The molecule has 3 rings (SSSR count). The van der Waals surface area contributed by atoms with Crippen molar-refractivity contribution in [2.45, 2.75) is 39.0 Å². The summed E-state index contributed by atoms with van der Waals surface area (Å²) in [5.74, 6) is -0.182. The lowest BCUT2D eigenvalue weighted by molar-refractivity contribution is -0.116. The number of anilines is 1. The molecule has 1 N–H and O–H groups in total. The maximum Gasteiger partial charge on any atom is 0.261 e. The number of rotatable bonds is 10. The first kappa shape index (κ1) is 20.6. The summed E-state index contributed by atoms with van der Waals surface area (Å²) in [5.41, 5.74) is 1.43. The van der Waals surface area contributed by atoms with Crippen molar-refractivity contribution in [1.29, 1.82) is 0 Å². The van der Waals surface area contributed by atoms with Crippen LogP contribution in [0.25, 0.3) is 0 Å². The quantitative estimate of drug-likeness (QED) is 0.482. The molecule has 2 aromatic carbocycles. The SMILES string of the molecule is CCCCCCOc1ccc(NC(=O)CCN2C(=O)c3ccccc3C2=O)cc1. The summed E-state index contributed by atoms with van der Waals surface area (Å²) in [6, 6.07) is 13.9. The Bertz CT molecular complexity index is 842. The lowest BCUT2D eigenvalue weighted by atomic mass is 10.1. The second-order valence-corrected chi connectivity index (χ2v) is 7.04. The maximum absolute atomic E-state index is 12.3. The van der Waals surface area contributed by atoms with E-state index in [2.05, 4.69) is 12.2 Å². The molecule has 3 amide bonds. The Labute approximate surface area is 170 Å². The first-order valence-corrected chi connectivity index (χ1v) is 10.1. The molecule has 1 aliphatic rings. The molecule has 0 fully saturated rings. The summed E-state index contributed by atoms with van der Waals surface area (Å²) in [6.45, 7) is 2.91. The van der Waals surface area contributed by atoms with Gasteiger partial charge in [-0.2, -0.15) is 0 Å². The Morgan fingerprint density at radius 1 is 0.931 bits per heavy atom. The van der Waals surface area contributed by atoms with Gasteiger partial charge in [-0.05, 0) is 42.8 Å². The van der Waals surface area contributed by atoms with Crippen LogP contribution in [0, 0.1) is 0 Å². The number of nitrogens with zero attached hydrogens (tertiary/aromatic N) is 1. The molecule has 0 aliphatic carbocycles. The molecular weight excluding hydrogens is 368 g/mol. The van der Waals surface area contributed by atoms with Crippen molar-refractivity contribution in [1.82, 2.24) is 4.90 Å². The minimum atomic E-state index is -0.348. The zero-order valence-corrected chi connectivity index (χ0v) is 16.6. The maximum atomic E-state index is 12.3. The van der Waals surface area contributed by atoms with Crippen LogP contribution in [0.1, 0.15) is 59.7 Å². The molecule has 0 atom stereocenters. The van der Waals surface area contributed by atoms with Crippen LogP contribution in [-0.2, 0) is 4.79 Å². The normalized spacial score (nSPS) is 12.8. The highest BCUT2D eigenvalue weighted by Gasteiger charge is 2.34. The largest absolute Gasteiger partial charge is 0.494 e. The first-order valence-electron chi connectivity index (χ1n) is 10.1. The third-order valence-electron chi connectivity index (χ3n) is 4.85. The Morgan fingerprint density at radius 3 is 2.21 bits per heavy atom. The zero-order chi connectivity index (χ0) is 20.6. The molecule has 0 bridgehead atoms. The Morgan fingerprint density at radius 2 is 1.59 bits per heavy atom. The van der Waals surface area contributed by atoms with E-state index in [1.807, 2.05) is 12.1 Å². The van der Waals surface area contributed by atoms with Gasteiger partial charge in [0.15, 0.2) is 0 Å². The van der Waals surface area contributed by atoms with Crippen LogP contribution in [0.2, 0.25) is 0 Å². The second-order valence-electron chi connectivity index (χ2n) is 7.04. The zero-order valence-electron chi connectivity index (χ0n) is 16.6. The van der Waals surface area contributed by atoms with Crippen molar-refractivity contribution >= 4 is 23.4 Å². The number of ether oxygens (including phenoxy) is 1. The van der Waals surface area contributed by atoms with Crippen molar-refractivity contribution in [2.24, 2.45) is 0 Å². The molecule has 29 heavy (non-hydrogen) atoms. The summed E-state index contributed by atoms with van der Waals surface area (Å²) in [7, 11) is 0. The van der Waals surface area contributed by atoms with Gasteiger partial charge in [-0.15, -0.1) is 0 Å². The monoisotopic (exact) mass is 394 g/mol. The van der Waals surface area contributed by atoms with E-state index < -0.39 is 0 Å². The van der Waals surface area contributed by atoms with E-state index in [0.29, 0.717) is 23.4 Å². The summed E-state index contributed by atoms with van der Waals surface area (Å²) in [5, 5.41) is 2.78. The predicted octanol–water partition coefficient (Wildman–Crippen LogP) is 4.27. The van der Waals surface area contributed by atoms with E-state index in [9.17, 15) is 14.4 Å². The fraction of sp³-hybridized carbons (Fsp3) is 0.348. The fourth-order valence-electron chi connectivity index (χ4n) is 3.23. The number of nitrogens with one attached hydrogen (secondary N) is 1. The van der Waals surface area contributed by atoms with Gasteiger partial charge < -0.3 is 10.1 Å². The molecule has 1 aliphatic heterocycles. The summed E-state index contributed by atoms with van der Waals surface area (Å²) in [4.78, 5) is 38.0. The Hall–Kier alpha value is -3.15. The highest BCUT2D eigenvalue weighted by atomic mass is 16.5. The number of unbranched alkanes of at least 4 members (excludes halogenated alkanes) is 3. The van der Waals surface area contributed by atoms with Crippen molar-refractivity contribution in [3.63, 3.8) is 0 Å². The van der Waals surface area contributed by atoms with Gasteiger partial charge in [0.2, 0.25) is 5.91 Å². The van der Waals surface area contributed by atoms with Crippen LogP contribution in [-0.4, -0.2) is 35.8 Å². The Balaban J connectivity index is 1.44. The molecule has 0 spiro atoms. The lowest BCUT2D eigenvalue weighted by Gasteiger charge is -2.13. The fourth-order valence-corrected chi connectivity index (χ4v) is 3.23. The van der Waals surface area contributed by atoms with E-state index in [4.69, 9.17) is 4.74 Å². The van der Waals surface area contributed by atoms with E-state index >= 15 is 0 Å². The molecule has 2 aromatic rings. The highest BCUT2D eigenvalue weighted by Crippen LogP contribution is 2.22. The molecule has 0 saturated carbocycles. The standard InChI is InChI=1S/C23H26N2O4/c1-2-3-4-7-16-29-18-12-10-17(11-13-18)24-21(26)14-15-25-22(27)19-8-5-6-9-20(19)23(25)28/h5-6,8-13H,2-4,7,14-16H2,1H3,(H,24,26). The molecule has 0 saturated heterocycles. The van der Waals surface area contributed by atoms with Crippen molar-refractivity contribution < 1.29 is 19.1 Å². The van der Waals surface area contributed by atoms with Gasteiger partial charge in [-0.1, -0.05) is 38.3 Å². The third-order valence-corrected chi connectivity index (χ3v) is 4.85. The third kappa shape index (κ3) is 5.22. The predicted molar refractivity (Wildman–Crippen MR) is 111 cm³/mol. The smallest absolute Gasteiger partial charge is 0.261 e. The average molecular weight is 394 g/mol. The van der Waals surface area contributed by atoms with E-state index in [1.54, 1.807) is 36.4 Å². The van der Waals surface area contributed by atoms with E-state index in [-0.39, 0.29) is 30.7 Å². The van der Waals surface area contributed by atoms with Gasteiger partial charge in [0, 0.05) is 18.7 Å². The summed E-state index contributed by atoms with van der Waals surface area (Å²) >= 11 is 0. The number of hydrogen-bond acceptors (Lipinski definition) is 4. The number of carbonyl (C=O) groups excluding carboxylic acids is 3. The van der Waals surface area contributed by atoms with Crippen LogP contribution in [0.3, 0.4) is 0 Å². The minimum absolute atomic E-state index is 0.0428. The van der Waals surface area contributed by atoms with Gasteiger partial charge in [-0.3, -0.25) is 19.3 Å². The summed E-state index contributed by atoms with van der Waals surface area (Å²) in [6.07, 6.45) is 4.65. The van der Waals surface area contributed by atoms with E-state index in [0.717, 1.165) is 23.5 Å². The van der Waals surface area contributed by atoms with Crippen LogP contribution in [0.15, 0.2) is 48.5 Å². The number of imide groups is 1. The van der Waals surface area contributed by atoms with Crippen molar-refractivity contribution in [3.8, 4) is 5.75 Å². The van der Waals surface area contributed by atoms with Gasteiger partial charge in [0.25, 0.3) is 11.8 Å². The molecule has 0 unspecified atom stereocenters. The van der Waals surface area contributed by atoms with Crippen LogP contribution in [0.5, 0.6) is 5.75 Å². The van der Waals surface area contributed by atoms with Gasteiger partial charge in [0.1, 0.15) is 5.75 Å². The number of fused-ring (bicyclic) bond motifs is 1. The minimum Gasteiger partial charge on any atom is -0.494 e. The molecule has 6 nitrogen and oxygen atoms in total. The number of carbonyl (C=O) groups is 3. The number of hydrogen-bond donors (Lipinski definition) is 1. The molecule has 0 aromatic heterocycles. The average Bonchev–Trinajstić information content (AvgIpc) is 2.98. The topological polar surface area (TPSA) is 75.7 Å². The van der Waals surface area contributed by atoms with Crippen LogP contribution in [0.4, 0.5) is 5.69 Å². The molecular formula is C23H26N2O4. The molecule has 0 radical (unpaired) electrons. The van der Waals surface area contributed by atoms with Crippen molar-refractivity contribution in [2.75, 3.05) is 18.5 Å². The first-order chi connectivity index (χ1) is 14.1. The van der Waals surface area contributed by atoms with Crippen molar-refractivity contribution in [3.05, 3.63) is 59.7 Å². The van der Waals surface area contributed by atoms with Gasteiger partial charge in [0.05, 0.1) is 17.7 Å². The molecule has 6 heteroatoms. The second kappa shape index (κ2) is 9.87. The van der Waals surface area contributed by atoms with Crippen LogP contribution < -0.4 is 10.1 Å². The van der Waals surface area contributed by atoms with E-state index in [1.165, 1.54) is 12.8 Å². The Kier molecular flexibility index (Phi) is 7.00. The number of amides is 3. The molecule has 152 valence electrons. The number of benzene rings is 2. The molecule has 1 heterocycles. The summed E-state index contributed by atoms with van der Waals surface area (Å²) < 4.78 is 5.69.